The van der Waals surface area contributed by atoms with E-state index in [0.29, 0.717) is 17.0 Å². The van der Waals surface area contributed by atoms with Crippen LogP contribution in [0.5, 0.6) is 0 Å². The molecule has 98 valence electrons. The highest BCUT2D eigenvalue weighted by molar-refractivity contribution is 6.30. The molecular weight excluding hydrogens is 248 g/mol. The van der Waals surface area contributed by atoms with Gasteiger partial charge in [-0.05, 0) is 48.9 Å². The zero-order valence-corrected chi connectivity index (χ0v) is 11.4. The summed E-state index contributed by atoms with van der Waals surface area (Å²) in [4.78, 5) is 11.7. The second kappa shape index (κ2) is 5.72. The first-order valence-electron chi connectivity index (χ1n) is 6.40. The largest absolute Gasteiger partial charge is 0.325 e. The van der Waals surface area contributed by atoms with Crippen LogP contribution < -0.4 is 10.6 Å². The summed E-state index contributed by atoms with van der Waals surface area (Å²) in [5, 5.41) is 6.74. The molecule has 0 aromatic heterocycles. The molecule has 0 radical (unpaired) electrons. The molecule has 1 saturated carbocycles. The van der Waals surface area contributed by atoms with Crippen LogP contribution in [0.4, 0.5) is 5.69 Å². The van der Waals surface area contributed by atoms with Gasteiger partial charge in [0.15, 0.2) is 0 Å². The molecule has 0 unspecified atom stereocenters. The predicted octanol–water partition coefficient (Wildman–Crippen LogP) is 3.06. The third-order valence-corrected chi connectivity index (χ3v) is 3.87. The number of nitrogens with one attached hydrogen (secondary N) is 2. The Morgan fingerprint density at radius 1 is 1.33 bits per heavy atom. The molecule has 1 aliphatic carbocycles. The molecule has 0 spiro atoms. The molecule has 2 N–H and O–H groups in total. The van der Waals surface area contributed by atoms with Gasteiger partial charge < -0.3 is 10.6 Å². The molecule has 1 aliphatic rings. The average Bonchev–Trinajstić information content (AvgIpc) is 3.13. The van der Waals surface area contributed by atoms with Crippen LogP contribution in [-0.2, 0) is 4.79 Å². The maximum atomic E-state index is 11.7. The number of hydrogen-bond acceptors (Lipinski definition) is 2. The SMILES string of the molecule is CCC1(CNCC(=O)Nc2ccc(Cl)cc2)CC1. The molecule has 2 rings (SSSR count). The van der Waals surface area contributed by atoms with Crippen molar-refractivity contribution in [3.8, 4) is 0 Å². The fourth-order valence-electron chi connectivity index (χ4n) is 2.01. The van der Waals surface area contributed by atoms with Crippen LogP contribution in [0, 0.1) is 5.41 Å². The highest BCUT2D eigenvalue weighted by Gasteiger charge is 2.39. The van der Waals surface area contributed by atoms with Crippen LogP contribution in [0.1, 0.15) is 26.2 Å². The predicted molar refractivity (Wildman–Crippen MR) is 74.9 cm³/mol. The van der Waals surface area contributed by atoms with Gasteiger partial charge in [0.25, 0.3) is 0 Å². The standard InChI is InChI=1S/C14H19ClN2O/c1-2-14(7-8-14)10-16-9-13(18)17-12-5-3-11(15)4-6-12/h3-6,16H,2,7-10H2,1H3,(H,17,18). The minimum Gasteiger partial charge on any atom is -0.325 e. The molecule has 0 heterocycles. The number of anilines is 1. The van der Waals surface area contributed by atoms with E-state index in [4.69, 9.17) is 11.6 Å². The van der Waals surface area contributed by atoms with Gasteiger partial charge in [-0.3, -0.25) is 4.79 Å². The number of carbonyl (C=O) groups excluding carboxylic acids is 1. The molecule has 3 nitrogen and oxygen atoms in total. The van der Waals surface area contributed by atoms with Gasteiger partial charge in [-0.2, -0.15) is 0 Å². The number of carbonyl (C=O) groups is 1. The van der Waals surface area contributed by atoms with Crippen LogP contribution in [0.2, 0.25) is 5.02 Å². The third-order valence-electron chi connectivity index (χ3n) is 3.62. The molecule has 1 fully saturated rings. The van der Waals surface area contributed by atoms with Crippen LogP contribution in [0.15, 0.2) is 24.3 Å². The summed E-state index contributed by atoms with van der Waals surface area (Å²) in [6.45, 7) is 3.52. The third kappa shape index (κ3) is 3.72. The van der Waals surface area contributed by atoms with Gasteiger partial charge in [0, 0.05) is 17.3 Å². The van der Waals surface area contributed by atoms with E-state index < -0.39 is 0 Å². The van der Waals surface area contributed by atoms with E-state index in [-0.39, 0.29) is 5.91 Å². The first-order chi connectivity index (χ1) is 8.63. The molecular formula is C14H19ClN2O. The summed E-state index contributed by atoms with van der Waals surface area (Å²) < 4.78 is 0. The van der Waals surface area contributed by atoms with Crippen LogP contribution >= 0.6 is 11.6 Å². The van der Waals surface area contributed by atoms with Crippen molar-refractivity contribution in [1.29, 1.82) is 0 Å². The Morgan fingerprint density at radius 2 is 2.00 bits per heavy atom. The lowest BCUT2D eigenvalue weighted by Crippen LogP contribution is -2.32. The van der Waals surface area contributed by atoms with Crippen LogP contribution in [0.3, 0.4) is 0 Å². The summed E-state index contributed by atoms with van der Waals surface area (Å²) in [7, 11) is 0. The average molecular weight is 267 g/mol. The number of amides is 1. The maximum absolute atomic E-state index is 11.7. The molecule has 18 heavy (non-hydrogen) atoms. The Kier molecular flexibility index (Phi) is 4.25. The van der Waals surface area contributed by atoms with Gasteiger partial charge in [0.05, 0.1) is 6.54 Å². The lowest BCUT2D eigenvalue weighted by Gasteiger charge is -2.13. The number of hydrogen-bond donors (Lipinski definition) is 2. The van der Waals surface area contributed by atoms with Crippen molar-refractivity contribution in [2.24, 2.45) is 5.41 Å². The molecule has 1 aromatic carbocycles. The second-order valence-corrected chi connectivity index (χ2v) is 5.45. The Morgan fingerprint density at radius 3 is 2.56 bits per heavy atom. The quantitative estimate of drug-likeness (QED) is 0.831. The summed E-state index contributed by atoms with van der Waals surface area (Å²) in [6, 6.07) is 7.13. The molecule has 0 saturated heterocycles. The summed E-state index contributed by atoms with van der Waals surface area (Å²) in [5.41, 5.74) is 1.25. The molecule has 4 heteroatoms. The zero-order valence-electron chi connectivity index (χ0n) is 10.6. The van der Waals surface area contributed by atoms with E-state index in [1.54, 1.807) is 24.3 Å². The van der Waals surface area contributed by atoms with Crippen molar-refractivity contribution in [2.75, 3.05) is 18.4 Å². The van der Waals surface area contributed by atoms with Gasteiger partial charge in [-0.1, -0.05) is 18.5 Å². The Balaban J connectivity index is 1.70. The van der Waals surface area contributed by atoms with E-state index in [1.165, 1.54) is 19.3 Å². The van der Waals surface area contributed by atoms with E-state index in [1.807, 2.05) is 0 Å². The first-order valence-corrected chi connectivity index (χ1v) is 6.77. The van der Waals surface area contributed by atoms with Crippen molar-refractivity contribution < 1.29 is 4.79 Å². The number of benzene rings is 1. The number of halogens is 1. The molecule has 0 bridgehead atoms. The van der Waals surface area contributed by atoms with Crippen molar-refractivity contribution in [2.45, 2.75) is 26.2 Å². The molecule has 0 atom stereocenters. The van der Waals surface area contributed by atoms with Crippen molar-refractivity contribution >= 4 is 23.2 Å². The van der Waals surface area contributed by atoms with Gasteiger partial charge in [0.2, 0.25) is 5.91 Å². The van der Waals surface area contributed by atoms with Gasteiger partial charge >= 0.3 is 0 Å². The van der Waals surface area contributed by atoms with Crippen molar-refractivity contribution in [3.63, 3.8) is 0 Å². The fraction of sp³-hybridized carbons (Fsp3) is 0.500. The maximum Gasteiger partial charge on any atom is 0.238 e. The normalized spacial score (nSPS) is 16.3. The topological polar surface area (TPSA) is 41.1 Å². The zero-order chi connectivity index (χ0) is 13.0. The lowest BCUT2D eigenvalue weighted by atomic mass is 10.0. The van der Waals surface area contributed by atoms with E-state index in [0.717, 1.165) is 12.2 Å². The molecule has 0 aliphatic heterocycles. The molecule has 1 amide bonds. The van der Waals surface area contributed by atoms with Gasteiger partial charge in [-0.25, -0.2) is 0 Å². The van der Waals surface area contributed by atoms with Crippen LogP contribution in [0.25, 0.3) is 0 Å². The Bertz CT molecular complexity index is 412. The summed E-state index contributed by atoms with van der Waals surface area (Å²) in [5.74, 6) is -0.00998. The lowest BCUT2D eigenvalue weighted by molar-refractivity contribution is -0.115. The number of rotatable bonds is 6. The summed E-state index contributed by atoms with van der Waals surface area (Å²) >= 11 is 5.78. The van der Waals surface area contributed by atoms with E-state index in [9.17, 15) is 4.79 Å². The second-order valence-electron chi connectivity index (χ2n) is 5.01. The van der Waals surface area contributed by atoms with Gasteiger partial charge in [-0.15, -0.1) is 0 Å². The minimum atomic E-state index is -0.00998. The highest BCUT2D eigenvalue weighted by atomic mass is 35.5. The summed E-state index contributed by atoms with van der Waals surface area (Å²) in [6.07, 6.45) is 3.77. The van der Waals surface area contributed by atoms with Crippen LogP contribution in [-0.4, -0.2) is 19.0 Å². The van der Waals surface area contributed by atoms with E-state index in [2.05, 4.69) is 17.6 Å². The highest BCUT2D eigenvalue weighted by Crippen LogP contribution is 2.47. The molecule has 1 aromatic rings. The van der Waals surface area contributed by atoms with Crippen molar-refractivity contribution in [1.82, 2.24) is 5.32 Å². The smallest absolute Gasteiger partial charge is 0.238 e. The van der Waals surface area contributed by atoms with E-state index >= 15 is 0 Å². The first kappa shape index (κ1) is 13.4. The Hall–Kier alpha value is -1.06. The van der Waals surface area contributed by atoms with Crippen molar-refractivity contribution in [3.05, 3.63) is 29.3 Å². The monoisotopic (exact) mass is 266 g/mol. The minimum absolute atomic E-state index is 0.00998. The fourth-order valence-corrected chi connectivity index (χ4v) is 2.14. The Labute approximate surface area is 113 Å². The van der Waals surface area contributed by atoms with Gasteiger partial charge in [0.1, 0.15) is 0 Å².